The molecule has 1 amide bonds. The minimum atomic E-state index is 0.0562. The summed E-state index contributed by atoms with van der Waals surface area (Å²) in [6, 6.07) is 0. The first-order valence-electron chi connectivity index (χ1n) is 6.13. The van der Waals surface area contributed by atoms with Crippen molar-refractivity contribution in [3.05, 3.63) is 17.5 Å². The molecule has 1 aliphatic rings. The number of likely N-dealkylation sites (tertiary alicyclic amines) is 1. The highest BCUT2D eigenvalue weighted by Gasteiger charge is 2.25. The fraction of sp³-hybridized carbons (Fsp3) is 0.667. The van der Waals surface area contributed by atoms with E-state index in [-0.39, 0.29) is 12.0 Å². The molecule has 0 radical (unpaired) electrons. The van der Waals surface area contributed by atoms with E-state index in [1.165, 1.54) is 0 Å². The van der Waals surface area contributed by atoms with Gasteiger partial charge in [-0.05, 0) is 26.7 Å². The molecular weight excluding hydrogens is 218 g/mol. The van der Waals surface area contributed by atoms with Gasteiger partial charge < -0.3 is 9.64 Å². The van der Waals surface area contributed by atoms with Crippen LogP contribution >= 0.6 is 0 Å². The van der Waals surface area contributed by atoms with Crippen LogP contribution in [-0.2, 0) is 4.74 Å². The minimum Gasteiger partial charge on any atom is -0.377 e. The van der Waals surface area contributed by atoms with Gasteiger partial charge in [0.2, 0.25) is 0 Å². The van der Waals surface area contributed by atoms with Gasteiger partial charge in [-0.3, -0.25) is 9.89 Å². The quantitative estimate of drug-likeness (QED) is 0.863. The van der Waals surface area contributed by atoms with Crippen molar-refractivity contribution in [2.45, 2.75) is 32.8 Å². The summed E-state index contributed by atoms with van der Waals surface area (Å²) >= 11 is 0. The van der Waals surface area contributed by atoms with Gasteiger partial charge in [0.1, 0.15) is 0 Å². The molecule has 0 saturated carbocycles. The molecule has 5 nitrogen and oxygen atoms in total. The third kappa shape index (κ3) is 2.66. The zero-order valence-electron chi connectivity index (χ0n) is 10.4. The number of carbonyl (C=O) groups excluding carboxylic acids is 1. The predicted molar refractivity (Wildman–Crippen MR) is 63.9 cm³/mol. The molecule has 5 heteroatoms. The van der Waals surface area contributed by atoms with Crippen LogP contribution in [0.15, 0.2) is 6.20 Å². The maximum atomic E-state index is 12.2. The number of aryl methyl sites for hydroxylation is 1. The number of piperidine rings is 1. The number of H-pyrrole nitrogens is 1. The van der Waals surface area contributed by atoms with Crippen LogP contribution < -0.4 is 0 Å². The largest absolute Gasteiger partial charge is 0.377 e. The second-order valence-electron chi connectivity index (χ2n) is 4.38. The van der Waals surface area contributed by atoms with Gasteiger partial charge in [-0.1, -0.05) is 0 Å². The lowest BCUT2D eigenvalue weighted by molar-refractivity contribution is 0.00721. The van der Waals surface area contributed by atoms with E-state index in [0.29, 0.717) is 18.7 Å². The second kappa shape index (κ2) is 5.31. The Labute approximate surface area is 101 Å². The van der Waals surface area contributed by atoms with Crippen molar-refractivity contribution in [1.82, 2.24) is 15.1 Å². The van der Waals surface area contributed by atoms with Gasteiger partial charge in [0.25, 0.3) is 5.91 Å². The van der Waals surface area contributed by atoms with Crippen LogP contribution in [0.1, 0.15) is 35.8 Å². The van der Waals surface area contributed by atoms with Gasteiger partial charge in [0, 0.05) is 25.4 Å². The van der Waals surface area contributed by atoms with Crippen LogP contribution in [0.3, 0.4) is 0 Å². The number of aromatic amines is 1. The van der Waals surface area contributed by atoms with Gasteiger partial charge in [0.05, 0.1) is 17.9 Å². The van der Waals surface area contributed by atoms with E-state index >= 15 is 0 Å². The fourth-order valence-corrected chi connectivity index (χ4v) is 2.23. The first-order chi connectivity index (χ1) is 8.22. The summed E-state index contributed by atoms with van der Waals surface area (Å²) in [5.41, 5.74) is 1.50. The number of nitrogens with zero attached hydrogens (tertiary/aromatic N) is 2. The molecule has 1 aliphatic heterocycles. The maximum absolute atomic E-state index is 12.2. The van der Waals surface area contributed by atoms with E-state index in [4.69, 9.17) is 4.74 Å². The zero-order valence-corrected chi connectivity index (χ0v) is 10.4. The molecule has 94 valence electrons. The van der Waals surface area contributed by atoms with E-state index in [1.807, 2.05) is 18.7 Å². The van der Waals surface area contributed by atoms with E-state index in [9.17, 15) is 4.79 Å². The molecule has 0 aromatic carbocycles. The number of hydrogen-bond donors (Lipinski definition) is 1. The Balaban J connectivity index is 2.02. The lowest BCUT2D eigenvalue weighted by Crippen LogP contribution is -2.43. The van der Waals surface area contributed by atoms with Crippen LogP contribution in [0.5, 0.6) is 0 Å². The third-order valence-corrected chi connectivity index (χ3v) is 3.13. The van der Waals surface area contributed by atoms with E-state index in [0.717, 1.165) is 25.1 Å². The minimum absolute atomic E-state index is 0.0562. The molecule has 0 spiro atoms. The van der Waals surface area contributed by atoms with Crippen molar-refractivity contribution in [3.63, 3.8) is 0 Å². The number of carbonyl (C=O) groups is 1. The average molecular weight is 237 g/mol. The summed E-state index contributed by atoms with van der Waals surface area (Å²) in [5, 5.41) is 6.69. The molecule has 1 aromatic rings. The van der Waals surface area contributed by atoms with Gasteiger partial charge in [0.15, 0.2) is 0 Å². The number of nitrogens with one attached hydrogen (secondary N) is 1. The molecular formula is C12H19N3O2. The number of aromatic nitrogens is 2. The molecule has 1 unspecified atom stereocenters. The van der Waals surface area contributed by atoms with Crippen molar-refractivity contribution in [3.8, 4) is 0 Å². The Bertz CT molecular complexity index is 387. The summed E-state index contributed by atoms with van der Waals surface area (Å²) in [4.78, 5) is 14.1. The molecule has 2 rings (SSSR count). The van der Waals surface area contributed by atoms with E-state index in [1.54, 1.807) is 6.20 Å². The van der Waals surface area contributed by atoms with Crippen molar-refractivity contribution in [2.24, 2.45) is 0 Å². The van der Waals surface area contributed by atoms with Crippen LogP contribution in [0.25, 0.3) is 0 Å². The first-order valence-corrected chi connectivity index (χ1v) is 6.13. The smallest absolute Gasteiger partial charge is 0.257 e. The summed E-state index contributed by atoms with van der Waals surface area (Å²) in [7, 11) is 0. The third-order valence-electron chi connectivity index (χ3n) is 3.13. The molecule has 2 heterocycles. The van der Waals surface area contributed by atoms with Crippen molar-refractivity contribution < 1.29 is 9.53 Å². The number of hydrogen-bond acceptors (Lipinski definition) is 3. The van der Waals surface area contributed by atoms with E-state index in [2.05, 4.69) is 10.2 Å². The standard InChI is InChI=1S/C12H19N3O2/c1-3-17-10-5-4-6-15(8-10)12(16)11-7-13-14-9(11)2/h7,10H,3-6,8H2,1-2H3,(H,13,14). The molecule has 1 saturated heterocycles. The SMILES string of the molecule is CCOC1CCCN(C(=O)c2cn[nH]c2C)C1. The highest BCUT2D eigenvalue weighted by molar-refractivity contribution is 5.95. The monoisotopic (exact) mass is 237 g/mol. The Hall–Kier alpha value is -1.36. The summed E-state index contributed by atoms with van der Waals surface area (Å²) in [6.45, 7) is 6.06. The predicted octanol–water partition coefficient (Wildman–Crippen LogP) is 1.36. The van der Waals surface area contributed by atoms with Gasteiger partial charge in [-0.2, -0.15) is 5.10 Å². The normalized spacial score (nSPS) is 20.6. The summed E-state index contributed by atoms with van der Waals surface area (Å²) in [6.07, 6.45) is 3.84. The van der Waals surface area contributed by atoms with Gasteiger partial charge in [-0.15, -0.1) is 0 Å². The molecule has 17 heavy (non-hydrogen) atoms. The number of ether oxygens (including phenoxy) is 1. The topological polar surface area (TPSA) is 58.2 Å². The van der Waals surface area contributed by atoms with Gasteiger partial charge in [-0.25, -0.2) is 0 Å². The summed E-state index contributed by atoms with van der Waals surface area (Å²) < 4.78 is 5.59. The Morgan fingerprint density at radius 2 is 2.53 bits per heavy atom. The lowest BCUT2D eigenvalue weighted by atomic mass is 10.1. The van der Waals surface area contributed by atoms with Crippen molar-refractivity contribution in [1.29, 1.82) is 0 Å². The highest BCUT2D eigenvalue weighted by Crippen LogP contribution is 2.16. The van der Waals surface area contributed by atoms with Crippen molar-refractivity contribution in [2.75, 3.05) is 19.7 Å². The highest BCUT2D eigenvalue weighted by atomic mass is 16.5. The summed E-state index contributed by atoms with van der Waals surface area (Å²) in [5.74, 6) is 0.0562. The van der Waals surface area contributed by atoms with Gasteiger partial charge >= 0.3 is 0 Å². The van der Waals surface area contributed by atoms with Crippen LogP contribution in [0.4, 0.5) is 0 Å². The maximum Gasteiger partial charge on any atom is 0.257 e. The molecule has 0 aliphatic carbocycles. The second-order valence-corrected chi connectivity index (χ2v) is 4.38. The number of rotatable bonds is 3. The fourth-order valence-electron chi connectivity index (χ4n) is 2.23. The molecule has 0 bridgehead atoms. The molecule has 1 fully saturated rings. The molecule has 1 atom stereocenters. The molecule has 1 aromatic heterocycles. The van der Waals surface area contributed by atoms with Crippen LogP contribution in [-0.4, -0.2) is 46.8 Å². The Morgan fingerprint density at radius 3 is 3.18 bits per heavy atom. The Morgan fingerprint density at radius 1 is 1.71 bits per heavy atom. The van der Waals surface area contributed by atoms with Crippen LogP contribution in [0.2, 0.25) is 0 Å². The Kier molecular flexibility index (Phi) is 3.78. The average Bonchev–Trinajstić information content (AvgIpc) is 2.75. The lowest BCUT2D eigenvalue weighted by Gasteiger charge is -2.32. The first kappa shape index (κ1) is 12.1. The zero-order chi connectivity index (χ0) is 12.3. The number of amides is 1. The van der Waals surface area contributed by atoms with Crippen LogP contribution in [0, 0.1) is 6.92 Å². The van der Waals surface area contributed by atoms with Crippen molar-refractivity contribution >= 4 is 5.91 Å². The molecule has 1 N–H and O–H groups in total. The van der Waals surface area contributed by atoms with E-state index < -0.39 is 0 Å².